The first-order chi connectivity index (χ1) is 11.4. The summed E-state index contributed by atoms with van der Waals surface area (Å²) in [5.74, 6) is 0.801. The molecule has 1 heterocycles. The van der Waals surface area contributed by atoms with Gasteiger partial charge in [0.05, 0.1) is 12.9 Å². The lowest BCUT2D eigenvalue weighted by Gasteiger charge is -2.32. The molecule has 1 amide bonds. The minimum atomic E-state index is -1.71. The molecule has 0 aromatic heterocycles. The Morgan fingerprint density at radius 3 is 2.40 bits per heavy atom. The Morgan fingerprint density at radius 1 is 1.24 bits per heavy atom. The molecule has 1 aliphatic heterocycles. The first-order valence-corrected chi connectivity index (χ1v) is 12.3. The molecule has 25 heavy (non-hydrogen) atoms. The minimum Gasteiger partial charge on any atom is -0.548 e. The number of rotatable bonds is 3. The van der Waals surface area contributed by atoms with Crippen LogP contribution in [0.4, 0.5) is 4.79 Å². The number of carbonyl (C=O) groups excluding carboxylic acids is 2. The summed E-state index contributed by atoms with van der Waals surface area (Å²) in [5, 5.41) is 0. The van der Waals surface area contributed by atoms with Crippen molar-refractivity contribution in [3.05, 3.63) is 11.8 Å². The van der Waals surface area contributed by atoms with Crippen LogP contribution in [0.15, 0.2) is 11.8 Å². The Morgan fingerprint density at radius 2 is 1.88 bits per heavy atom. The van der Waals surface area contributed by atoms with Crippen molar-refractivity contribution in [3.63, 3.8) is 0 Å². The predicted molar refractivity (Wildman–Crippen MR) is 97.5 cm³/mol. The van der Waals surface area contributed by atoms with E-state index in [9.17, 15) is 9.59 Å². The Balaban J connectivity index is 2.20. The molecule has 0 N–H and O–H groups in total. The van der Waals surface area contributed by atoms with Gasteiger partial charge >= 0.3 is 12.1 Å². The highest BCUT2D eigenvalue weighted by atomic mass is 28.4. The summed E-state index contributed by atoms with van der Waals surface area (Å²) in [7, 11) is -0.344. The number of nitrogens with zero attached hydrogens (tertiary/aromatic N) is 1. The quantitative estimate of drug-likeness (QED) is 0.562. The fourth-order valence-corrected chi connectivity index (χ4v) is 4.48. The fourth-order valence-electron chi connectivity index (χ4n) is 3.52. The maximum atomic E-state index is 12.6. The molecule has 2 rings (SSSR count). The van der Waals surface area contributed by atoms with Gasteiger partial charge in [0.1, 0.15) is 11.6 Å². The van der Waals surface area contributed by atoms with Crippen molar-refractivity contribution in [2.24, 2.45) is 11.8 Å². The van der Waals surface area contributed by atoms with Gasteiger partial charge in [0, 0.05) is 18.9 Å². The number of ether oxygens (including phenoxy) is 2. The molecular formula is C18H31NO5Si. The van der Waals surface area contributed by atoms with E-state index in [0.29, 0.717) is 13.0 Å². The number of amides is 1. The normalized spacial score (nSPS) is 26.6. The Kier molecular flexibility index (Phi) is 5.56. The zero-order valence-corrected chi connectivity index (χ0v) is 17.4. The van der Waals surface area contributed by atoms with Crippen LogP contribution >= 0.6 is 0 Å². The zero-order valence-electron chi connectivity index (χ0n) is 16.4. The van der Waals surface area contributed by atoms with E-state index in [1.54, 1.807) is 0 Å². The van der Waals surface area contributed by atoms with Crippen molar-refractivity contribution >= 4 is 20.4 Å². The smallest absolute Gasteiger partial charge is 0.411 e. The van der Waals surface area contributed by atoms with Crippen LogP contribution in [0.5, 0.6) is 0 Å². The van der Waals surface area contributed by atoms with Gasteiger partial charge in [-0.25, -0.2) is 9.59 Å². The van der Waals surface area contributed by atoms with E-state index in [4.69, 9.17) is 13.9 Å². The largest absolute Gasteiger partial charge is 0.548 e. The van der Waals surface area contributed by atoms with E-state index in [1.807, 2.05) is 20.8 Å². The van der Waals surface area contributed by atoms with Crippen LogP contribution in [0, 0.1) is 11.8 Å². The lowest BCUT2D eigenvalue weighted by atomic mass is 9.81. The van der Waals surface area contributed by atoms with Gasteiger partial charge in [-0.2, -0.15) is 0 Å². The molecule has 6 nitrogen and oxygen atoms in total. The van der Waals surface area contributed by atoms with Gasteiger partial charge in [-0.15, -0.1) is 0 Å². The summed E-state index contributed by atoms with van der Waals surface area (Å²) in [4.78, 5) is 26.6. The molecule has 0 aromatic rings. The van der Waals surface area contributed by atoms with Gasteiger partial charge in [0.25, 0.3) is 0 Å². The van der Waals surface area contributed by atoms with E-state index in [-0.39, 0.29) is 17.8 Å². The van der Waals surface area contributed by atoms with Gasteiger partial charge in [-0.05, 0) is 58.8 Å². The van der Waals surface area contributed by atoms with E-state index < -0.39 is 26.1 Å². The SMILES string of the molecule is COC(=O)[C@@H]1[C@H]2CC(O[Si](C)(C)C)=CC[C@H]2CN1C(=O)OC(C)(C)C. The van der Waals surface area contributed by atoms with Gasteiger partial charge in [-0.1, -0.05) is 0 Å². The van der Waals surface area contributed by atoms with Crippen LogP contribution in [-0.4, -0.2) is 50.6 Å². The molecule has 0 spiro atoms. The van der Waals surface area contributed by atoms with Crippen LogP contribution < -0.4 is 0 Å². The third kappa shape index (κ3) is 5.00. The maximum absolute atomic E-state index is 12.6. The number of methoxy groups -OCH3 is 1. The van der Waals surface area contributed by atoms with Crippen LogP contribution in [0.25, 0.3) is 0 Å². The third-order valence-electron chi connectivity index (χ3n) is 4.37. The second kappa shape index (κ2) is 7.01. The number of esters is 1. The van der Waals surface area contributed by atoms with Gasteiger partial charge in [-0.3, -0.25) is 4.90 Å². The minimum absolute atomic E-state index is 0.0105. The summed E-state index contributed by atoms with van der Waals surface area (Å²) >= 11 is 0. The van der Waals surface area contributed by atoms with E-state index in [1.165, 1.54) is 12.0 Å². The van der Waals surface area contributed by atoms with Crippen molar-refractivity contribution < 1.29 is 23.5 Å². The molecular weight excluding hydrogens is 338 g/mol. The molecule has 1 fully saturated rings. The lowest BCUT2D eigenvalue weighted by Crippen LogP contribution is -2.46. The monoisotopic (exact) mass is 369 g/mol. The number of allylic oxidation sites excluding steroid dienone is 2. The molecule has 0 bridgehead atoms. The topological polar surface area (TPSA) is 65.1 Å². The standard InChI is InChI=1S/C18H31NO5Si/c1-18(2,3)23-17(21)19-11-12-8-9-13(24-25(5,6)7)10-14(12)15(19)16(20)22-4/h9,12,14-15H,8,10-11H2,1-7H3/t12-,14-,15-/m0/s1. The van der Waals surface area contributed by atoms with Crippen molar-refractivity contribution in [2.75, 3.05) is 13.7 Å². The molecule has 0 unspecified atom stereocenters. The van der Waals surface area contributed by atoms with Crippen molar-refractivity contribution in [3.8, 4) is 0 Å². The van der Waals surface area contributed by atoms with Crippen molar-refractivity contribution in [1.82, 2.24) is 4.90 Å². The molecule has 1 saturated heterocycles. The second-order valence-electron chi connectivity index (χ2n) is 8.85. The third-order valence-corrected chi connectivity index (χ3v) is 5.25. The fraction of sp³-hybridized carbons (Fsp3) is 0.778. The summed E-state index contributed by atoms with van der Waals surface area (Å²) in [6, 6.07) is -0.612. The Hall–Kier alpha value is -1.50. The number of hydrogen-bond acceptors (Lipinski definition) is 5. The van der Waals surface area contributed by atoms with Crippen LogP contribution in [0.1, 0.15) is 33.6 Å². The van der Waals surface area contributed by atoms with Gasteiger partial charge < -0.3 is 13.9 Å². The van der Waals surface area contributed by atoms with Gasteiger partial charge in [0.15, 0.2) is 0 Å². The van der Waals surface area contributed by atoms with Crippen molar-refractivity contribution in [1.29, 1.82) is 0 Å². The number of hydrogen-bond donors (Lipinski definition) is 0. The summed E-state index contributed by atoms with van der Waals surface area (Å²) in [6.45, 7) is 12.4. The molecule has 0 radical (unpaired) electrons. The number of carbonyl (C=O) groups is 2. The molecule has 2 aliphatic rings. The van der Waals surface area contributed by atoms with Crippen LogP contribution in [-0.2, 0) is 18.7 Å². The predicted octanol–water partition coefficient (Wildman–Crippen LogP) is 3.54. The Bertz CT molecular complexity index is 561. The highest BCUT2D eigenvalue weighted by Gasteiger charge is 2.50. The first kappa shape index (κ1) is 19.8. The Labute approximate surface area is 151 Å². The molecule has 3 atom stereocenters. The molecule has 0 saturated carbocycles. The molecule has 7 heteroatoms. The number of fused-ring (bicyclic) bond motifs is 1. The van der Waals surface area contributed by atoms with Crippen LogP contribution in [0.3, 0.4) is 0 Å². The molecule has 0 aromatic carbocycles. The summed E-state index contributed by atoms with van der Waals surface area (Å²) in [6.07, 6.45) is 3.13. The molecule has 1 aliphatic carbocycles. The van der Waals surface area contributed by atoms with Crippen molar-refractivity contribution in [2.45, 2.75) is 64.9 Å². The van der Waals surface area contributed by atoms with E-state index in [2.05, 4.69) is 25.7 Å². The van der Waals surface area contributed by atoms with E-state index >= 15 is 0 Å². The zero-order chi connectivity index (χ0) is 19.0. The van der Waals surface area contributed by atoms with Crippen LogP contribution in [0.2, 0.25) is 19.6 Å². The number of likely N-dealkylation sites (tertiary alicyclic amines) is 1. The maximum Gasteiger partial charge on any atom is 0.411 e. The average molecular weight is 370 g/mol. The average Bonchev–Trinajstić information content (AvgIpc) is 2.81. The first-order valence-electron chi connectivity index (χ1n) is 8.87. The van der Waals surface area contributed by atoms with Gasteiger partial charge in [0.2, 0.25) is 8.32 Å². The summed E-state index contributed by atoms with van der Waals surface area (Å²) in [5.41, 5.74) is -0.601. The second-order valence-corrected chi connectivity index (χ2v) is 13.3. The van der Waals surface area contributed by atoms with E-state index in [0.717, 1.165) is 12.2 Å². The summed E-state index contributed by atoms with van der Waals surface area (Å²) < 4.78 is 16.6. The highest BCUT2D eigenvalue weighted by molar-refractivity contribution is 6.70. The lowest BCUT2D eigenvalue weighted by molar-refractivity contribution is -0.147. The molecule has 142 valence electrons. The highest BCUT2D eigenvalue weighted by Crippen LogP contribution is 2.42.